The lowest BCUT2D eigenvalue weighted by Gasteiger charge is -2.26. The summed E-state index contributed by atoms with van der Waals surface area (Å²) in [5, 5.41) is 0. The van der Waals surface area contributed by atoms with Crippen LogP contribution in [0.4, 0.5) is 0 Å². The fraction of sp³-hybridized carbons (Fsp3) is 0.316. The van der Waals surface area contributed by atoms with Gasteiger partial charge in [-0.3, -0.25) is 4.79 Å². The van der Waals surface area contributed by atoms with Gasteiger partial charge < -0.3 is 14.0 Å². The lowest BCUT2D eigenvalue weighted by molar-refractivity contribution is 0.228. The first-order valence-electron chi connectivity index (χ1n) is 7.87. The van der Waals surface area contributed by atoms with Gasteiger partial charge in [-0.15, -0.1) is 0 Å². The lowest BCUT2D eigenvalue weighted by atomic mass is 10.2. The number of nitrogens with zero attached hydrogens (tertiary/aromatic N) is 1. The molecule has 1 aliphatic rings. The second-order valence-electron chi connectivity index (χ2n) is 5.85. The molecule has 0 N–H and O–H groups in total. The normalized spacial score (nSPS) is 14.6. The standard InChI is InChI=1S/C19H21NO3S/c1-13-8-16(21)9-14(2)20(13)7-6-15-4-5-18(22-3)19(10-15)23-17-11-24-12-17/h4-10,17H,11-12H2,1-3H3/b7-6+. The predicted molar refractivity (Wildman–Crippen MR) is 100 cm³/mol. The highest BCUT2D eigenvalue weighted by Crippen LogP contribution is 2.32. The molecule has 5 heteroatoms. The number of pyridine rings is 1. The van der Waals surface area contributed by atoms with Crippen LogP contribution in [0.3, 0.4) is 0 Å². The fourth-order valence-electron chi connectivity index (χ4n) is 2.62. The monoisotopic (exact) mass is 343 g/mol. The average molecular weight is 343 g/mol. The summed E-state index contributed by atoms with van der Waals surface area (Å²) in [6.45, 7) is 3.85. The van der Waals surface area contributed by atoms with Crippen molar-refractivity contribution in [1.82, 2.24) is 4.57 Å². The van der Waals surface area contributed by atoms with Crippen LogP contribution in [-0.4, -0.2) is 29.3 Å². The number of rotatable bonds is 5. The predicted octanol–water partition coefficient (Wildman–Crippen LogP) is 3.60. The van der Waals surface area contributed by atoms with Gasteiger partial charge in [0.1, 0.15) is 6.10 Å². The third-order valence-corrected chi connectivity index (χ3v) is 5.18. The number of hydrogen-bond donors (Lipinski definition) is 0. The molecule has 2 heterocycles. The quantitative estimate of drug-likeness (QED) is 0.832. The van der Waals surface area contributed by atoms with Gasteiger partial charge in [-0.1, -0.05) is 6.07 Å². The maximum Gasteiger partial charge on any atom is 0.182 e. The van der Waals surface area contributed by atoms with Crippen LogP contribution < -0.4 is 14.9 Å². The Hall–Kier alpha value is -2.14. The van der Waals surface area contributed by atoms with E-state index >= 15 is 0 Å². The molecule has 0 bridgehead atoms. The molecule has 1 fully saturated rings. The minimum Gasteiger partial charge on any atom is -0.493 e. The van der Waals surface area contributed by atoms with Crippen molar-refractivity contribution in [3.05, 3.63) is 57.5 Å². The van der Waals surface area contributed by atoms with Gasteiger partial charge in [0.25, 0.3) is 0 Å². The first-order valence-corrected chi connectivity index (χ1v) is 9.03. The summed E-state index contributed by atoms with van der Waals surface area (Å²) in [5.74, 6) is 3.58. The molecule has 0 spiro atoms. The molecule has 0 amide bonds. The number of methoxy groups -OCH3 is 1. The number of aryl methyl sites for hydroxylation is 2. The zero-order chi connectivity index (χ0) is 17.1. The number of aromatic nitrogens is 1. The van der Waals surface area contributed by atoms with E-state index in [0.717, 1.165) is 40.0 Å². The number of hydrogen-bond acceptors (Lipinski definition) is 4. The summed E-state index contributed by atoms with van der Waals surface area (Å²) >= 11 is 1.89. The molecule has 2 aromatic rings. The molecular weight excluding hydrogens is 322 g/mol. The first kappa shape index (κ1) is 16.7. The summed E-state index contributed by atoms with van der Waals surface area (Å²) in [7, 11) is 1.65. The van der Waals surface area contributed by atoms with Crippen molar-refractivity contribution < 1.29 is 9.47 Å². The highest BCUT2D eigenvalue weighted by molar-refractivity contribution is 8.00. The van der Waals surface area contributed by atoms with Crippen LogP contribution in [0.1, 0.15) is 17.0 Å². The van der Waals surface area contributed by atoms with E-state index in [4.69, 9.17) is 9.47 Å². The van der Waals surface area contributed by atoms with Gasteiger partial charge in [0.15, 0.2) is 16.9 Å². The molecular formula is C19H21NO3S. The Morgan fingerprint density at radius 1 is 1.12 bits per heavy atom. The second kappa shape index (κ2) is 7.18. The van der Waals surface area contributed by atoms with Crippen molar-refractivity contribution in [1.29, 1.82) is 0 Å². The number of benzene rings is 1. The Labute approximate surface area is 146 Å². The Morgan fingerprint density at radius 3 is 2.42 bits per heavy atom. The molecule has 24 heavy (non-hydrogen) atoms. The largest absolute Gasteiger partial charge is 0.493 e. The van der Waals surface area contributed by atoms with Crippen LogP contribution >= 0.6 is 11.8 Å². The Bertz CT molecular complexity index is 796. The maximum atomic E-state index is 11.5. The van der Waals surface area contributed by atoms with Gasteiger partial charge in [-0.2, -0.15) is 11.8 Å². The lowest BCUT2D eigenvalue weighted by Crippen LogP contribution is -2.31. The van der Waals surface area contributed by atoms with E-state index in [9.17, 15) is 4.79 Å². The van der Waals surface area contributed by atoms with Crippen molar-refractivity contribution in [3.63, 3.8) is 0 Å². The number of ether oxygens (including phenoxy) is 2. The molecule has 0 radical (unpaired) electrons. The molecule has 126 valence electrons. The molecule has 1 saturated heterocycles. The Balaban J connectivity index is 1.87. The molecule has 0 atom stereocenters. The molecule has 4 nitrogen and oxygen atoms in total. The molecule has 1 aromatic carbocycles. The number of thioether (sulfide) groups is 1. The fourth-order valence-corrected chi connectivity index (χ4v) is 3.18. The van der Waals surface area contributed by atoms with E-state index < -0.39 is 0 Å². The van der Waals surface area contributed by atoms with Crippen molar-refractivity contribution in [2.45, 2.75) is 20.0 Å². The van der Waals surface area contributed by atoms with Gasteiger partial charge in [-0.05, 0) is 37.6 Å². The van der Waals surface area contributed by atoms with Gasteiger partial charge in [0.05, 0.1) is 7.11 Å². The van der Waals surface area contributed by atoms with Gasteiger partial charge in [0, 0.05) is 41.2 Å². The van der Waals surface area contributed by atoms with Crippen molar-refractivity contribution in [2.75, 3.05) is 18.6 Å². The van der Waals surface area contributed by atoms with E-state index in [0.29, 0.717) is 0 Å². The topological polar surface area (TPSA) is 40.5 Å². The van der Waals surface area contributed by atoms with Crippen LogP contribution in [0.25, 0.3) is 12.3 Å². The van der Waals surface area contributed by atoms with Gasteiger partial charge in [0.2, 0.25) is 0 Å². The summed E-state index contributed by atoms with van der Waals surface area (Å²) in [6.07, 6.45) is 4.24. The van der Waals surface area contributed by atoms with Crippen LogP contribution in [0, 0.1) is 13.8 Å². The molecule has 0 saturated carbocycles. The van der Waals surface area contributed by atoms with E-state index in [1.54, 1.807) is 19.2 Å². The van der Waals surface area contributed by atoms with Crippen LogP contribution in [0.2, 0.25) is 0 Å². The molecule has 0 unspecified atom stereocenters. The average Bonchev–Trinajstić information content (AvgIpc) is 2.50. The summed E-state index contributed by atoms with van der Waals surface area (Å²) in [5.41, 5.74) is 2.88. The Morgan fingerprint density at radius 2 is 1.83 bits per heavy atom. The maximum absolute atomic E-state index is 11.5. The van der Waals surface area contributed by atoms with Crippen LogP contribution in [0.15, 0.2) is 35.1 Å². The van der Waals surface area contributed by atoms with Crippen molar-refractivity contribution in [2.24, 2.45) is 0 Å². The summed E-state index contributed by atoms with van der Waals surface area (Å²) < 4.78 is 13.4. The van der Waals surface area contributed by atoms with Crippen LogP contribution in [0.5, 0.6) is 11.5 Å². The summed E-state index contributed by atoms with van der Waals surface area (Å²) in [6, 6.07) is 9.17. The summed E-state index contributed by atoms with van der Waals surface area (Å²) in [4.78, 5) is 11.5. The van der Waals surface area contributed by atoms with E-state index in [2.05, 4.69) is 0 Å². The first-order chi connectivity index (χ1) is 11.6. The molecule has 3 rings (SSSR count). The highest BCUT2D eigenvalue weighted by Gasteiger charge is 2.21. The smallest absolute Gasteiger partial charge is 0.182 e. The van der Waals surface area contributed by atoms with E-state index in [1.807, 2.05) is 60.7 Å². The highest BCUT2D eigenvalue weighted by atomic mass is 32.2. The third-order valence-electron chi connectivity index (χ3n) is 3.97. The van der Waals surface area contributed by atoms with Crippen LogP contribution in [-0.2, 0) is 0 Å². The van der Waals surface area contributed by atoms with E-state index in [-0.39, 0.29) is 11.5 Å². The van der Waals surface area contributed by atoms with Crippen molar-refractivity contribution in [3.8, 4) is 11.5 Å². The second-order valence-corrected chi connectivity index (χ2v) is 6.92. The minimum absolute atomic E-state index is 0.0353. The third kappa shape index (κ3) is 3.67. The Kier molecular flexibility index (Phi) is 5.00. The molecule has 0 aliphatic carbocycles. The molecule has 1 aromatic heterocycles. The SMILES string of the molecule is COc1ccc(/C=C/n2c(C)cc(=O)cc2C)cc1OC1CSC1. The molecule has 1 aliphatic heterocycles. The zero-order valence-electron chi connectivity index (χ0n) is 14.1. The minimum atomic E-state index is 0.0353. The van der Waals surface area contributed by atoms with Gasteiger partial charge >= 0.3 is 0 Å². The van der Waals surface area contributed by atoms with E-state index in [1.165, 1.54) is 0 Å². The zero-order valence-corrected chi connectivity index (χ0v) is 14.9. The van der Waals surface area contributed by atoms with Crippen molar-refractivity contribution >= 4 is 24.0 Å². The van der Waals surface area contributed by atoms with Gasteiger partial charge in [-0.25, -0.2) is 0 Å².